The van der Waals surface area contributed by atoms with Gasteiger partial charge in [0.05, 0.1) is 12.1 Å². The summed E-state index contributed by atoms with van der Waals surface area (Å²) in [5.74, 6) is -0.328. The normalized spacial score (nSPS) is 10.9. The lowest BCUT2D eigenvalue weighted by atomic mass is 10.2. The molecule has 0 saturated carbocycles. The van der Waals surface area contributed by atoms with Gasteiger partial charge in [-0.05, 0) is 30.2 Å². The maximum Gasteiger partial charge on any atom is 0.418 e. The van der Waals surface area contributed by atoms with Crippen molar-refractivity contribution < 1.29 is 13.9 Å². The number of benzene rings is 1. The number of fused-ring (bicyclic) bond motifs is 1. The molecule has 0 bridgehead atoms. The molecule has 0 amide bonds. The highest BCUT2D eigenvalue weighted by Gasteiger charge is 2.12. The van der Waals surface area contributed by atoms with Crippen LogP contribution >= 0.6 is 15.9 Å². The molecule has 0 saturated heterocycles. The second-order valence-electron chi connectivity index (χ2n) is 4.29. The lowest BCUT2D eigenvalue weighted by Gasteiger charge is -2.06. The number of hydrogen-bond donors (Lipinski definition) is 0. The molecule has 102 valence electrons. The topological polar surface area (TPSA) is 31.2 Å². The van der Waals surface area contributed by atoms with Gasteiger partial charge in [-0.1, -0.05) is 29.3 Å². The van der Waals surface area contributed by atoms with Crippen LogP contribution in [0.3, 0.4) is 0 Å². The van der Waals surface area contributed by atoms with E-state index in [2.05, 4.69) is 15.9 Å². The van der Waals surface area contributed by atoms with Gasteiger partial charge in [-0.2, -0.15) is 0 Å². The van der Waals surface area contributed by atoms with Crippen molar-refractivity contribution in [2.75, 3.05) is 6.61 Å². The van der Waals surface area contributed by atoms with Gasteiger partial charge in [-0.15, -0.1) is 0 Å². The number of hydrogen-bond acceptors (Lipinski definition) is 2. The third-order valence-electron chi connectivity index (χ3n) is 2.92. The van der Waals surface area contributed by atoms with Crippen LogP contribution in [0.15, 0.2) is 24.4 Å². The molecule has 1 aromatic carbocycles. The van der Waals surface area contributed by atoms with Crippen LogP contribution < -0.4 is 0 Å². The third kappa shape index (κ3) is 2.97. The van der Waals surface area contributed by atoms with Crippen molar-refractivity contribution in [3.05, 3.63) is 35.8 Å². The van der Waals surface area contributed by atoms with Gasteiger partial charge in [-0.3, -0.25) is 4.57 Å². The van der Waals surface area contributed by atoms with Crippen LogP contribution in [0.4, 0.5) is 9.18 Å². The fraction of sp³-hybridized carbons (Fsp3) is 0.357. The SMILES string of the molecule is CCCCOC(=O)n1ccc2cc(CBr)c(F)cc21. The molecular weight excluding hydrogens is 313 g/mol. The summed E-state index contributed by atoms with van der Waals surface area (Å²) in [6, 6.07) is 4.88. The standard InChI is InChI=1S/C14H15BrFNO2/c1-2-3-6-19-14(18)17-5-4-10-7-11(9-15)12(16)8-13(10)17/h4-5,7-8H,2-3,6,9H2,1H3. The molecule has 0 radical (unpaired) electrons. The predicted molar refractivity (Wildman–Crippen MR) is 76.2 cm³/mol. The molecule has 0 spiro atoms. The monoisotopic (exact) mass is 327 g/mol. The molecule has 0 aliphatic heterocycles. The van der Waals surface area contributed by atoms with Gasteiger partial charge < -0.3 is 4.74 Å². The van der Waals surface area contributed by atoms with Crippen LogP contribution in [0.5, 0.6) is 0 Å². The zero-order chi connectivity index (χ0) is 13.8. The van der Waals surface area contributed by atoms with Gasteiger partial charge in [0.2, 0.25) is 0 Å². The van der Waals surface area contributed by atoms with Crippen LogP contribution in [0, 0.1) is 5.82 Å². The molecule has 2 rings (SSSR count). The van der Waals surface area contributed by atoms with Gasteiger partial charge >= 0.3 is 6.09 Å². The van der Waals surface area contributed by atoms with Crippen LogP contribution in [-0.4, -0.2) is 17.3 Å². The third-order valence-corrected chi connectivity index (χ3v) is 3.53. The Hall–Kier alpha value is -1.36. The zero-order valence-corrected chi connectivity index (χ0v) is 12.2. The molecule has 0 aliphatic carbocycles. The summed E-state index contributed by atoms with van der Waals surface area (Å²) in [6.45, 7) is 2.41. The Labute approximate surface area is 119 Å². The quantitative estimate of drug-likeness (QED) is 0.613. The van der Waals surface area contributed by atoms with Crippen molar-refractivity contribution in [3.63, 3.8) is 0 Å². The molecule has 2 aromatic rings. The summed E-state index contributed by atoms with van der Waals surface area (Å²) in [6.07, 6.45) is 2.93. The predicted octanol–water partition coefficient (Wildman–Crippen LogP) is 4.46. The Kier molecular flexibility index (Phi) is 4.58. The molecule has 0 fully saturated rings. The Balaban J connectivity index is 2.29. The Morgan fingerprint density at radius 2 is 2.26 bits per heavy atom. The first-order valence-corrected chi connectivity index (χ1v) is 7.32. The van der Waals surface area contributed by atoms with Crippen molar-refractivity contribution >= 4 is 32.9 Å². The molecule has 0 unspecified atom stereocenters. The van der Waals surface area contributed by atoms with E-state index in [1.165, 1.54) is 10.6 Å². The first-order valence-electron chi connectivity index (χ1n) is 6.20. The second kappa shape index (κ2) is 6.19. The molecule has 1 heterocycles. The fourth-order valence-electron chi connectivity index (χ4n) is 1.84. The van der Waals surface area contributed by atoms with Crippen LogP contribution in [0.2, 0.25) is 0 Å². The smallest absolute Gasteiger partial charge is 0.418 e. The largest absolute Gasteiger partial charge is 0.449 e. The molecule has 0 atom stereocenters. The van der Waals surface area contributed by atoms with Crippen molar-refractivity contribution in [3.8, 4) is 0 Å². The van der Waals surface area contributed by atoms with E-state index in [0.29, 0.717) is 23.0 Å². The summed E-state index contributed by atoms with van der Waals surface area (Å²) < 4.78 is 20.2. The van der Waals surface area contributed by atoms with Crippen molar-refractivity contribution in [1.29, 1.82) is 0 Å². The first-order chi connectivity index (χ1) is 9.17. The number of rotatable bonds is 4. The number of carbonyl (C=O) groups excluding carboxylic acids is 1. The van der Waals surface area contributed by atoms with E-state index in [0.717, 1.165) is 18.2 Å². The summed E-state index contributed by atoms with van der Waals surface area (Å²) in [4.78, 5) is 11.9. The van der Waals surface area contributed by atoms with E-state index in [1.54, 1.807) is 18.3 Å². The van der Waals surface area contributed by atoms with E-state index in [1.807, 2.05) is 6.92 Å². The van der Waals surface area contributed by atoms with E-state index in [4.69, 9.17) is 4.74 Å². The molecular formula is C14H15BrFNO2. The molecule has 0 N–H and O–H groups in total. The number of alkyl halides is 1. The van der Waals surface area contributed by atoms with Crippen molar-refractivity contribution in [1.82, 2.24) is 4.57 Å². The Morgan fingerprint density at radius 3 is 2.95 bits per heavy atom. The molecule has 5 heteroatoms. The van der Waals surface area contributed by atoms with E-state index in [9.17, 15) is 9.18 Å². The fourth-order valence-corrected chi connectivity index (χ4v) is 2.27. The van der Waals surface area contributed by atoms with Crippen molar-refractivity contribution in [2.45, 2.75) is 25.1 Å². The Morgan fingerprint density at radius 1 is 1.47 bits per heavy atom. The molecule has 3 nitrogen and oxygen atoms in total. The lowest BCUT2D eigenvalue weighted by Crippen LogP contribution is -2.13. The van der Waals surface area contributed by atoms with E-state index in [-0.39, 0.29) is 5.82 Å². The molecule has 0 aliphatic rings. The van der Waals surface area contributed by atoms with Crippen LogP contribution in [-0.2, 0) is 10.1 Å². The minimum atomic E-state index is -0.463. The number of halogens is 2. The molecule has 1 aromatic heterocycles. The highest BCUT2D eigenvalue weighted by atomic mass is 79.9. The first kappa shape index (κ1) is 14.1. The minimum absolute atomic E-state index is 0.328. The summed E-state index contributed by atoms with van der Waals surface area (Å²) in [5, 5.41) is 1.27. The maximum atomic E-state index is 13.8. The number of unbranched alkanes of at least 4 members (excludes halogenated alkanes) is 1. The maximum absolute atomic E-state index is 13.8. The van der Waals surface area contributed by atoms with Gasteiger partial charge in [0.1, 0.15) is 5.82 Å². The van der Waals surface area contributed by atoms with Crippen LogP contribution in [0.25, 0.3) is 10.9 Å². The van der Waals surface area contributed by atoms with Crippen molar-refractivity contribution in [2.24, 2.45) is 0 Å². The van der Waals surface area contributed by atoms with Gasteiger partial charge in [0.15, 0.2) is 0 Å². The average molecular weight is 328 g/mol. The highest BCUT2D eigenvalue weighted by molar-refractivity contribution is 9.08. The summed E-state index contributed by atoms with van der Waals surface area (Å²) in [5.41, 5.74) is 1.10. The molecule has 19 heavy (non-hydrogen) atoms. The zero-order valence-electron chi connectivity index (χ0n) is 10.7. The van der Waals surface area contributed by atoms with Crippen LogP contribution in [0.1, 0.15) is 25.3 Å². The highest BCUT2D eigenvalue weighted by Crippen LogP contribution is 2.22. The summed E-state index contributed by atoms with van der Waals surface area (Å²) in [7, 11) is 0. The minimum Gasteiger partial charge on any atom is -0.449 e. The number of nitrogens with zero attached hydrogens (tertiary/aromatic N) is 1. The van der Waals surface area contributed by atoms with E-state index >= 15 is 0 Å². The van der Waals surface area contributed by atoms with E-state index < -0.39 is 6.09 Å². The lowest BCUT2D eigenvalue weighted by molar-refractivity contribution is 0.147. The Bertz CT molecular complexity index is 594. The second-order valence-corrected chi connectivity index (χ2v) is 4.85. The van der Waals surface area contributed by atoms with Gasteiger partial charge in [0, 0.05) is 16.9 Å². The number of aromatic nitrogens is 1. The van der Waals surface area contributed by atoms with Gasteiger partial charge in [0.25, 0.3) is 0 Å². The van der Waals surface area contributed by atoms with Gasteiger partial charge in [-0.25, -0.2) is 9.18 Å². The average Bonchev–Trinajstić information content (AvgIpc) is 2.80. The number of carbonyl (C=O) groups is 1. The number of ether oxygens (including phenoxy) is 1. The summed E-state index contributed by atoms with van der Waals surface area (Å²) >= 11 is 3.23.